The lowest BCUT2D eigenvalue weighted by atomic mass is 9.97. The lowest BCUT2D eigenvalue weighted by Crippen LogP contribution is -2.44. The summed E-state index contributed by atoms with van der Waals surface area (Å²) in [5.74, 6) is 0. The maximum atomic E-state index is 12.3. The van der Waals surface area contributed by atoms with Crippen molar-refractivity contribution in [2.45, 2.75) is 44.4 Å². The molecule has 2 aromatic rings. The molecule has 0 aliphatic carbocycles. The summed E-state index contributed by atoms with van der Waals surface area (Å²) in [5.41, 5.74) is 0.166. The normalized spacial score (nSPS) is 20.1. The molecule has 10 heteroatoms. The Kier molecular flexibility index (Phi) is 7.67. The Labute approximate surface area is 157 Å². The Morgan fingerprint density at radius 1 is 1.28 bits per heavy atom. The van der Waals surface area contributed by atoms with Crippen LogP contribution in [0.15, 0.2) is 15.9 Å². The van der Waals surface area contributed by atoms with Gasteiger partial charge in [-0.1, -0.05) is 0 Å². The smallest absolute Gasteiger partial charge is 0.332 e. The van der Waals surface area contributed by atoms with E-state index in [1.165, 1.54) is 11.6 Å². The van der Waals surface area contributed by atoms with Gasteiger partial charge in [-0.3, -0.25) is 13.9 Å². The lowest BCUT2D eigenvalue weighted by Gasteiger charge is -2.28. The predicted octanol–water partition coefficient (Wildman–Crippen LogP) is 0.170. The summed E-state index contributed by atoms with van der Waals surface area (Å²) in [6.45, 7) is 1.58. The first-order valence-corrected chi connectivity index (χ1v) is 8.03. The minimum atomic E-state index is -0.373. The van der Waals surface area contributed by atoms with Crippen molar-refractivity contribution in [1.82, 2.24) is 24.0 Å². The fourth-order valence-corrected chi connectivity index (χ4v) is 3.28. The third-order valence-electron chi connectivity index (χ3n) is 4.68. The van der Waals surface area contributed by atoms with E-state index in [1.54, 1.807) is 17.9 Å². The number of halogens is 2. The minimum Gasteiger partial charge on any atom is -0.392 e. The second-order valence-corrected chi connectivity index (χ2v) is 6.23. The van der Waals surface area contributed by atoms with Gasteiger partial charge in [0, 0.05) is 26.7 Å². The van der Waals surface area contributed by atoms with Crippen LogP contribution in [0.4, 0.5) is 0 Å². The largest absolute Gasteiger partial charge is 0.392 e. The van der Waals surface area contributed by atoms with E-state index in [4.69, 9.17) is 0 Å². The first-order chi connectivity index (χ1) is 11.0. The van der Waals surface area contributed by atoms with E-state index in [-0.39, 0.29) is 48.2 Å². The van der Waals surface area contributed by atoms with Crippen LogP contribution in [0.3, 0.4) is 0 Å². The number of nitrogens with zero attached hydrogens (tertiary/aromatic N) is 4. The van der Waals surface area contributed by atoms with Crippen molar-refractivity contribution in [2.24, 2.45) is 14.1 Å². The molecule has 0 radical (unpaired) electrons. The Hall–Kier alpha value is -1.35. The third-order valence-corrected chi connectivity index (χ3v) is 4.68. The van der Waals surface area contributed by atoms with Crippen molar-refractivity contribution in [3.8, 4) is 0 Å². The highest BCUT2D eigenvalue weighted by Gasteiger charge is 2.22. The van der Waals surface area contributed by atoms with Crippen molar-refractivity contribution in [3.63, 3.8) is 0 Å². The molecule has 8 nitrogen and oxygen atoms in total. The Balaban J connectivity index is 0.00000156. The highest BCUT2D eigenvalue weighted by atomic mass is 35.5. The van der Waals surface area contributed by atoms with Crippen LogP contribution in [0.2, 0.25) is 0 Å². The third kappa shape index (κ3) is 4.08. The molecule has 142 valence electrons. The number of aryl methyl sites for hydroxylation is 2. The SMILES string of the molecule is Cl.Cl.Cn1c(=O)c2c(ncn2CCC[C@H]2NCCC[C@@H]2O)n(C)c1=O. The van der Waals surface area contributed by atoms with Gasteiger partial charge in [0.15, 0.2) is 11.2 Å². The van der Waals surface area contributed by atoms with Crippen molar-refractivity contribution in [2.75, 3.05) is 6.54 Å². The van der Waals surface area contributed by atoms with Gasteiger partial charge in [0.25, 0.3) is 5.56 Å². The van der Waals surface area contributed by atoms with Crippen LogP contribution >= 0.6 is 24.8 Å². The van der Waals surface area contributed by atoms with E-state index >= 15 is 0 Å². The average molecular weight is 394 g/mol. The van der Waals surface area contributed by atoms with E-state index < -0.39 is 0 Å². The maximum Gasteiger partial charge on any atom is 0.332 e. The zero-order valence-electron chi connectivity index (χ0n) is 14.3. The van der Waals surface area contributed by atoms with Crippen LogP contribution < -0.4 is 16.6 Å². The Morgan fingerprint density at radius 3 is 2.68 bits per heavy atom. The summed E-state index contributed by atoms with van der Waals surface area (Å²) >= 11 is 0. The number of aromatic nitrogens is 4. The number of rotatable bonds is 4. The molecule has 0 spiro atoms. The van der Waals surface area contributed by atoms with E-state index in [2.05, 4.69) is 10.3 Å². The minimum absolute atomic E-state index is 0. The number of hydrogen-bond acceptors (Lipinski definition) is 5. The molecule has 2 N–H and O–H groups in total. The first-order valence-electron chi connectivity index (χ1n) is 8.03. The summed E-state index contributed by atoms with van der Waals surface area (Å²) in [5, 5.41) is 13.3. The number of imidazole rings is 1. The summed E-state index contributed by atoms with van der Waals surface area (Å²) in [6.07, 6.45) is 4.83. The van der Waals surface area contributed by atoms with Gasteiger partial charge in [0.2, 0.25) is 0 Å². The number of nitrogens with one attached hydrogen (secondary N) is 1. The van der Waals surface area contributed by atoms with Gasteiger partial charge in [0.1, 0.15) is 0 Å². The van der Waals surface area contributed by atoms with Gasteiger partial charge in [0.05, 0.1) is 12.4 Å². The highest BCUT2D eigenvalue weighted by Crippen LogP contribution is 2.14. The van der Waals surface area contributed by atoms with Crippen molar-refractivity contribution in [1.29, 1.82) is 0 Å². The molecule has 0 amide bonds. The van der Waals surface area contributed by atoms with Crippen LogP contribution in [0, 0.1) is 0 Å². The summed E-state index contributed by atoms with van der Waals surface area (Å²) in [4.78, 5) is 28.5. The molecular formula is C15H25Cl2N5O3. The fraction of sp³-hybridized carbons (Fsp3) is 0.667. The first kappa shape index (κ1) is 21.7. The zero-order valence-corrected chi connectivity index (χ0v) is 16.0. The average Bonchev–Trinajstić information content (AvgIpc) is 2.97. The molecule has 2 aromatic heterocycles. The standard InChI is InChI=1S/C15H23N5O3.2ClH/c1-18-13-12(14(22)19(2)15(18)23)20(9-17-13)8-4-5-10-11(21)6-3-7-16-10;;/h9-11,16,21H,3-8H2,1-2H3;2*1H/t10-,11+;;/m1../s1. The van der Waals surface area contributed by atoms with E-state index in [1.807, 2.05) is 0 Å². The molecule has 0 unspecified atom stereocenters. The van der Waals surface area contributed by atoms with Gasteiger partial charge in [-0.2, -0.15) is 0 Å². The molecule has 0 bridgehead atoms. The van der Waals surface area contributed by atoms with Gasteiger partial charge in [-0.15, -0.1) is 24.8 Å². The van der Waals surface area contributed by atoms with E-state index in [0.29, 0.717) is 17.7 Å². The molecule has 1 aliphatic heterocycles. The molecule has 3 rings (SSSR count). The Morgan fingerprint density at radius 2 is 2.00 bits per heavy atom. The number of piperidine rings is 1. The maximum absolute atomic E-state index is 12.3. The van der Waals surface area contributed by atoms with E-state index in [0.717, 1.165) is 36.8 Å². The summed E-state index contributed by atoms with van der Waals surface area (Å²) < 4.78 is 4.29. The molecule has 3 heterocycles. The number of hydrogen-bond donors (Lipinski definition) is 2. The molecular weight excluding hydrogens is 369 g/mol. The summed E-state index contributed by atoms with van der Waals surface area (Å²) in [7, 11) is 3.09. The second-order valence-electron chi connectivity index (χ2n) is 6.23. The van der Waals surface area contributed by atoms with Crippen LogP contribution in [0.1, 0.15) is 25.7 Å². The molecule has 1 aliphatic rings. The van der Waals surface area contributed by atoms with Crippen molar-refractivity contribution < 1.29 is 5.11 Å². The topological polar surface area (TPSA) is 94.1 Å². The van der Waals surface area contributed by atoms with Crippen LogP contribution in [-0.2, 0) is 20.6 Å². The predicted molar refractivity (Wildman–Crippen MR) is 101 cm³/mol. The van der Waals surface area contributed by atoms with Gasteiger partial charge < -0.3 is 15.0 Å². The van der Waals surface area contributed by atoms with Crippen molar-refractivity contribution in [3.05, 3.63) is 27.2 Å². The Bertz CT molecular complexity index is 829. The van der Waals surface area contributed by atoms with Crippen LogP contribution in [-0.4, -0.2) is 42.5 Å². The fourth-order valence-electron chi connectivity index (χ4n) is 3.28. The molecule has 25 heavy (non-hydrogen) atoms. The molecule has 0 saturated carbocycles. The number of aliphatic hydroxyl groups excluding tert-OH is 1. The van der Waals surface area contributed by atoms with Crippen LogP contribution in [0.5, 0.6) is 0 Å². The summed E-state index contributed by atoms with van der Waals surface area (Å²) in [6, 6.07) is 0.116. The molecule has 1 fully saturated rings. The van der Waals surface area contributed by atoms with Gasteiger partial charge in [-0.05, 0) is 32.2 Å². The molecule has 1 saturated heterocycles. The van der Waals surface area contributed by atoms with E-state index in [9.17, 15) is 14.7 Å². The van der Waals surface area contributed by atoms with Crippen LogP contribution in [0.25, 0.3) is 11.2 Å². The number of fused-ring (bicyclic) bond motifs is 1. The quantitative estimate of drug-likeness (QED) is 0.771. The van der Waals surface area contributed by atoms with Gasteiger partial charge >= 0.3 is 5.69 Å². The van der Waals surface area contributed by atoms with Crippen molar-refractivity contribution >= 4 is 36.0 Å². The highest BCUT2D eigenvalue weighted by molar-refractivity contribution is 5.85. The molecule has 2 atom stereocenters. The molecule has 0 aromatic carbocycles. The number of aliphatic hydroxyl groups is 1. The monoisotopic (exact) mass is 393 g/mol. The second kappa shape index (κ2) is 8.84. The van der Waals surface area contributed by atoms with Gasteiger partial charge in [-0.25, -0.2) is 9.78 Å². The zero-order chi connectivity index (χ0) is 16.6. The lowest BCUT2D eigenvalue weighted by molar-refractivity contribution is 0.0909.